The first kappa shape index (κ1) is 14.0. The second-order valence-corrected chi connectivity index (χ2v) is 5.11. The van der Waals surface area contributed by atoms with Gasteiger partial charge in [0, 0.05) is 18.1 Å². The number of hydrogen-bond acceptors (Lipinski definition) is 3. The molecule has 5 heteroatoms. The molecule has 0 unspecified atom stereocenters. The zero-order chi connectivity index (χ0) is 12.8. The maximum Gasteiger partial charge on any atom is 0.335 e. The highest BCUT2D eigenvalue weighted by atomic mass is 32.2. The zero-order valence-electron chi connectivity index (χ0n) is 9.94. The first-order valence-corrected chi connectivity index (χ1v) is 6.40. The third-order valence-corrected chi connectivity index (χ3v) is 3.16. The first-order valence-electron chi connectivity index (χ1n) is 5.24. The number of benzene rings is 1. The van der Waals surface area contributed by atoms with Gasteiger partial charge in [0.2, 0.25) is 0 Å². The average Bonchev–Trinajstić information content (AvgIpc) is 2.23. The van der Waals surface area contributed by atoms with Crippen molar-refractivity contribution in [3.63, 3.8) is 0 Å². The summed E-state index contributed by atoms with van der Waals surface area (Å²) < 4.78 is 13.1. The molecule has 0 saturated carbocycles. The van der Waals surface area contributed by atoms with Crippen molar-refractivity contribution in [2.45, 2.75) is 5.75 Å². The molecule has 0 amide bonds. The second kappa shape index (κ2) is 6.61. The van der Waals surface area contributed by atoms with Crippen molar-refractivity contribution in [1.82, 2.24) is 4.90 Å². The van der Waals surface area contributed by atoms with Gasteiger partial charge >= 0.3 is 5.97 Å². The summed E-state index contributed by atoms with van der Waals surface area (Å²) in [5, 5.41) is 8.80. The minimum atomic E-state index is -1.09. The van der Waals surface area contributed by atoms with Gasteiger partial charge in [-0.2, -0.15) is 11.8 Å². The molecule has 3 nitrogen and oxygen atoms in total. The number of hydrogen-bond donors (Lipinski definition) is 1. The normalized spacial score (nSPS) is 10.8. The lowest BCUT2D eigenvalue weighted by atomic mass is 10.1. The molecule has 1 N–H and O–H groups in total. The van der Waals surface area contributed by atoms with Crippen molar-refractivity contribution in [3.05, 3.63) is 35.1 Å². The van der Waals surface area contributed by atoms with Crippen LogP contribution in [0.25, 0.3) is 0 Å². The van der Waals surface area contributed by atoms with E-state index in [9.17, 15) is 9.18 Å². The van der Waals surface area contributed by atoms with Gasteiger partial charge in [0.05, 0.1) is 5.56 Å². The fourth-order valence-corrected chi connectivity index (χ4v) is 2.34. The smallest absolute Gasteiger partial charge is 0.335 e. The third kappa shape index (κ3) is 5.19. The lowest BCUT2D eigenvalue weighted by molar-refractivity contribution is 0.0696. The Bertz CT molecular complexity index is 396. The molecule has 0 aliphatic rings. The van der Waals surface area contributed by atoms with Crippen LogP contribution in [0.15, 0.2) is 18.2 Å². The van der Waals surface area contributed by atoms with E-state index in [1.165, 1.54) is 12.1 Å². The number of nitrogens with zero attached hydrogens (tertiary/aromatic N) is 1. The number of aromatic carboxylic acids is 1. The van der Waals surface area contributed by atoms with Crippen molar-refractivity contribution in [2.75, 3.05) is 26.4 Å². The fraction of sp³-hybridized carbons (Fsp3) is 0.417. The monoisotopic (exact) mass is 257 g/mol. The van der Waals surface area contributed by atoms with Crippen molar-refractivity contribution in [1.29, 1.82) is 0 Å². The molecule has 0 fully saturated rings. The molecule has 0 aliphatic carbocycles. The molecule has 0 aliphatic heterocycles. The molecule has 94 valence electrons. The van der Waals surface area contributed by atoms with Crippen LogP contribution in [0.1, 0.15) is 15.9 Å². The summed E-state index contributed by atoms with van der Waals surface area (Å²) in [7, 11) is 3.98. The quantitative estimate of drug-likeness (QED) is 0.794. The van der Waals surface area contributed by atoms with Crippen LogP contribution in [0.4, 0.5) is 4.39 Å². The van der Waals surface area contributed by atoms with Crippen molar-refractivity contribution < 1.29 is 14.3 Å². The van der Waals surface area contributed by atoms with E-state index in [0.29, 0.717) is 11.3 Å². The zero-order valence-corrected chi connectivity index (χ0v) is 10.8. The number of carboxylic acids is 1. The van der Waals surface area contributed by atoms with E-state index in [2.05, 4.69) is 4.90 Å². The summed E-state index contributed by atoms with van der Waals surface area (Å²) in [5.74, 6) is -0.0187. The Morgan fingerprint density at radius 1 is 1.41 bits per heavy atom. The molecule has 0 spiro atoms. The van der Waals surface area contributed by atoms with E-state index in [-0.39, 0.29) is 5.56 Å². The molecule has 17 heavy (non-hydrogen) atoms. The Morgan fingerprint density at radius 3 is 2.71 bits per heavy atom. The summed E-state index contributed by atoms with van der Waals surface area (Å²) in [6.07, 6.45) is 0. The molecule has 0 radical (unpaired) electrons. The van der Waals surface area contributed by atoms with Crippen LogP contribution in [0, 0.1) is 5.82 Å². The first-order chi connectivity index (χ1) is 7.99. The summed E-state index contributed by atoms with van der Waals surface area (Å²) in [6, 6.07) is 3.94. The predicted molar refractivity (Wildman–Crippen MR) is 68.1 cm³/mol. The topological polar surface area (TPSA) is 40.5 Å². The number of rotatable bonds is 6. The highest BCUT2D eigenvalue weighted by Crippen LogP contribution is 2.16. The maximum absolute atomic E-state index is 13.1. The highest BCUT2D eigenvalue weighted by molar-refractivity contribution is 7.98. The van der Waals surface area contributed by atoms with Gasteiger partial charge in [0.25, 0.3) is 0 Å². The molecule has 0 heterocycles. The van der Waals surface area contributed by atoms with Crippen LogP contribution < -0.4 is 0 Å². The van der Waals surface area contributed by atoms with Crippen LogP contribution in [0.3, 0.4) is 0 Å². The molecule has 0 bridgehead atoms. The summed E-state index contributed by atoms with van der Waals surface area (Å²) in [6.45, 7) is 0.950. The fourth-order valence-electron chi connectivity index (χ4n) is 1.29. The summed E-state index contributed by atoms with van der Waals surface area (Å²) >= 11 is 1.66. The van der Waals surface area contributed by atoms with Gasteiger partial charge in [-0.05, 0) is 37.9 Å². The Labute approximate surface area is 105 Å². The standard InChI is InChI=1S/C12H16FNO2S/c1-14(2)3-4-17-8-9-5-10(12(15)16)7-11(13)6-9/h5-7H,3-4,8H2,1-2H3,(H,15,16). The Balaban J connectivity index is 2.56. The summed E-state index contributed by atoms with van der Waals surface area (Å²) in [4.78, 5) is 12.8. The second-order valence-electron chi connectivity index (χ2n) is 4.01. The van der Waals surface area contributed by atoms with Gasteiger partial charge in [0.15, 0.2) is 0 Å². The van der Waals surface area contributed by atoms with Crippen LogP contribution >= 0.6 is 11.8 Å². The van der Waals surface area contributed by atoms with Gasteiger partial charge < -0.3 is 10.0 Å². The van der Waals surface area contributed by atoms with E-state index in [0.717, 1.165) is 18.4 Å². The van der Waals surface area contributed by atoms with Gasteiger partial charge in [0.1, 0.15) is 5.82 Å². The van der Waals surface area contributed by atoms with Crippen LogP contribution in [-0.4, -0.2) is 42.4 Å². The van der Waals surface area contributed by atoms with Crippen LogP contribution in [-0.2, 0) is 5.75 Å². The van der Waals surface area contributed by atoms with Crippen molar-refractivity contribution in [3.8, 4) is 0 Å². The number of halogens is 1. The van der Waals surface area contributed by atoms with Gasteiger partial charge in [-0.15, -0.1) is 0 Å². The number of carbonyl (C=O) groups is 1. The van der Waals surface area contributed by atoms with Crippen LogP contribution in [0.2, 0.25) is 0 Å². The largest absolute Gasteiger partial charge is 0.478 e. The molecule has 0 saturated heterocycles. The number of carboxylic acid groups (broad SMARTS) is 1. The minimum Gasteiger partial charge on any atom is -0.478 e. The lowest BCUT2D eigenvalue weighted by Gasteiger charge is -2.09. The molecule has 0 aromatic heterocycles. The van der Waals surface area contributed by atoms with Crippen molar-refractivity contribution >= 4 is 17.7 Å². The number of thioether (sulfide) groups is 1. The molecule has 0 atom stereocenters. The molecule has 1 rings (SSSR count). The Kier molecular flexibility index (Phi) is 5.44. The maximum atomic E-state index is 13.1. The molecule has 1 aromatic carbocycles. The molecular weight excluding hydrogens is 241 g/mol. The SMILES string of the molecule is CN(C)CCSCc1cc(F)cc(C(=O)O)c1. The van der Waals surface area contributed by atoms with Gasteiger partial charge in [-0.25, -0.2) is 9.18 Å². The highest BCUT2D eigenvalue weighted by Gasteiger charge is 2.07. The molecule has 1 aromatic rings. The van der Waals surface area contributed by atoms with E-state index in [1.807, 2.05) is 14.1 Å². The van der Waals surface area contributed by atoms with Crippen LogP contribution in [0.5, 0.6) is 0 Å². The lowest BCUT2D eigenvalue weighted by Crippen LogP contribution is -2.14. The van der Waals surface area contributed by atoms with Gasteiger partial charge in [-0.3, -0.25) is 0 Å². The predicted octanol–water partition coefficient (Wildman–Crippen LogP) is 2.32. The third-order valence-electron chi connectivity index (χ3n) is 2.16. The van der Waals surface area contributed by atoms with E-state index < -0.39 is 11.8 Å². The minimum absolute atomic E-state index is 0.00760. The Hall–Kier alpha value is -1.07. The molecular formula is C12H16FNO2S. The average molecular weight is 257 g/mol. The summed E-state index contributed by atoms with van der Waals surface area (Å²) in [5.41, 5.74) is 0.722. The van der Waals surface area contributed by atoms with E-state index in [4.69, 9.17) is 5.11 Å². The van der Waals surface area contributed by atoms with Crippen molar-refractivity contribution in [2.24, 2.45) is 0 Å². The van der Waals surface area contributed by atoms with Gasteiger partial charge in [-0.1, -0.05) is 0 Å². The van der Waals surface area contributed by atoms with E-state index >= 15 is 0 Å². The van der Waals surface area contributed by atoms with E-state index in [1.54, 1.807) is 11.8 Å². The Morgan fingerprint density at radius 2 is 2.12 bits per heavy atom.